The summed E-state index contributed by atoms with van der Waals surface area (Å²) >= 11 is 0. The lowest BCUT2D eigenvalue weighted by Gasteiger charge is -2.35. The minimum atomic E-state index is -0.698. The highest BCUT2D eigenvalue weighted by Crippen LogP contribution is 2.27. The third-order valence-corrected chi connectivity index (χ3v) is 4.65. The molecule has 1 aliphatic heterocycles. The van der Waals surface area contributed by atoms with Crippen molar-refractivity contribution in [2.24, 2.45) is 4.99 Å². The highest BCUT2D eigenvalue weighted by molar-refractivity contribution is 6.09. The van der Waals surface area contributed by atoms with E-state index < -0.39 is 17.1 Å². The first kappa shape index (κ1) is 19.3. The number of nitrogens with zero attached hydrogens (tertiary/aromatic N) is 3. The van der Waals surface area contributed by atoms with Gasteiger partial charge in [-0.3, -0.25) is 14.6 Å². The van der Waals surface area contributed by atoms with Crippen molar-refractivity contribution in [1.82, 2.24) is 9.47 Å². The van der Waals surface area contributed by atoms with E-state index in [0.717, 1.165) is 5.56 Å². The summed E-state index contributed by atoms with van der Waals surface area (Å²) in [6.45, 7) is 9.62. The van der Waals surface area contributed by atoms with Crippen LogP contribution in [0.2, 0.25) is 0 Å². The highest BCUT2D eigenvalue weighted by Gasteiger charge is 2.33. The highest BCUT2D eigenvalue weighted by atomic mass is 19.1. The molecule has 3 rings (SSSR count). The van der Waals surface area contributed by atoms with Crippen LogP contribution >= 0.6 is 0 Å². The van der Waals surface area contributed by atoms with Crippen molar-refractivity contribution < 1.29 is 14.3 Å². The minimum Gasteiger partial charge on any atom is -0.503 e. The topological polar surface area (TPSA) is 74.9 Å². The van der Waals surface area contributed by atoms with E-state index in [9.17, 15) is 19.1 Å². The maximum atomic E-state index is 13.1. The van der Waals surface area contributed by atoms with Crippen LogP contribution in [-0.2, 0) is 6.54 Å². The van der Waals surface area contributed by atoms with Crippen molar-refractivity contribution in [3.63, 3.8) is 0 Å². The number of hydrogen-bond acceptors (Lipinski definition) is 4. The van der Waals surface area contributed by atoms with Crippen LogP contribution in [0.3, 0.4) is 0 Å². The molecular weight excluding hydrogens is 361 g/mol. The van der Waals surface area contributed by atoms with Crippen LogP contribution in [0.4, 0.5) is 4.39 Å². The van der Waals surface area contributed by atoms with Gasteiger partial charge in [-0.2, -0.15) is 0 Å². The van der Waals surface area contributed by atoms with E-state index in [-0.39, 0.29) is 35.4 Å². The number of amides is 1. The fourth-order valence-electron chi connectivity index (χ4n) is 3.28. The van der Waals surface area contributed by atoms with Gasteiger partial charge in [0, 0.05) is 31.5 Å². The number of carbonyl (C=O) groups is 1. The molecule has 0 bridgehead atoms. The molecular formula is C21H20FN3O3. The molecule has 1 aromatic heterocycles. The van der Waals surface area contributed by atoms with Crippen molar-refractivity contribution >= 4 is 11.6 Å². The van der Waals surface area contributed by atoms with Crippen molar-refractivity contribution in [2.45, 2.75) is 19.5 Å². The number of aromatic hydroxyl groups is 1. The molecule has 0 saturated carbocycles. The average molecular weight is 381 g/mol. The molecule has 1 amide bonds. The van der Waals surface area contributed by atoms with Crippen LogP contribution < -0.4 is 5.43 Å². The van der Waals surface area contributed by atoms with Gasteiger partial charge in [0.25, 0.3) is 5.91 Å². The fourth-order valence-corrected chi connectivity index (χ4v) is 3.28. The molecule has 1 atom stereocenters. The Morgan fingerprint density at radius 1 is 1.32 bits per heavy atom. The van der Waals surface area contributed by atoms with E-state index in [0.29, 0.717) is 6.54 Å². The third-order valence-electron chi connectivity index (χ3n) is 4.65. The summed E-state index contributed by atoms with van der Waals surface area (Å²) in [6, 6.07) is 5.64. The number of benzene rings is 1. The van der Waals surface area contributed by atoms with Gasteiger partial charge >= 0.3 is 0 Å². The van der Waals surface area contributed by atoms with Crippen LogP contribution in [0.1, 0.15) is 34.6 Å². The molecule has 7 heteroatoms. The fraction of sp³-hybridized carbons (Fsp3) is 0.190. The van der Waals surface area contributed by atoms with Crippen LogP contribution in [0.25, 0.3) is 0 Å². The Morgan fingerprint density at radius 2 is 2.00 bits per heavy atom. The van der Waals surface area contributed by atoms with Gasteiger partial charge in [-0.05, 0) is 30.7 Å². The van der Waals surface area contributed by atoms with E-state index >= 15 is 0 Å². The zero-order valence-corrected chi connectivity index (χ0v) is 15.4. The van der Waals surface area contributed by atoms with Crippen LogP contribution in [0, 0.1) is 5.82 Å². The largest absolute Gasteiger partial charge is 0.503 e. The number of carbonyl (C=O) groups excluding carboxylic acids is 1. The second-order valence-corrected chi connectivity index (χ2v) is 6.54. The first-order valence-electron chi connectivity index (χ1n) is 8.70. The van der Waals surface area contributed by atoms with Gasteiger partial charge in [0.1, 0.15) is 5.82 Å². The van der Waals surface area contributed by atoms with Gasteiger partial charge in [-0.15, -0.1) is 0 Å². The summed E-state index contributed by atoms with van der Waals surface area (Å²) in [4.78, 5) is 31.1. The van der Waals surface area contributed by atoms with Crippen LogP contribution in [-0.4, -0.2) is 32.7 Å². The summed E-state index contributed by atoms with van der Waals surface area (Å²) in [7, 11) is 0. The number of aromatic nitrogens is 1. The average Bonchev–Trinajstić information content (AvgIpc) is 2.68. The predicted molar refractivity (Wildman–Crippen MR) is 105 cm³/mol. The quantitative estimate of drug-likeness (QED) is 0.809. The van der Waals surface area contributed by atoms with E-state index in [1.807, 2.05) is 6.92 Å². The van der Waals surface area contributed by atoms with Crippen molar-refractivity contribution in [3.8, 4) is 5.75 Å². The SMILES string of the molecule is C=CN=C(C=C)c1cn2c(c(O)c1=O)C(=O)N(Cc1ccc(F)cc1)CC2C. The number of pyridine rings is 1. The lowest BCUT2D eigenvalue weighted by Crippen LogP contribution is -2.43. The second-order valence-electron chi connectivity index (χ2n) is 6.54. The molecule has 0 saturated heterocycles. The zero-order valence-electron chi connectivity index (χ0n) is 15.4. The molecule has 1 aromatic carbocycles. The van der Waals surface area contributed by atoms with Crippen molar-refractivity contribution in [2.75, 3.05) is 6.54 Å². The van der Waals surface area contributed by atoms with E-state index in [2.05, 4.69) is 18.2 Å². The Labute approximate surface area is 161 Å². The summed E-state index contributed by atoms with van der Waals surface area (Å²) in [5.41, 5.74) is 0.384. The van der Waals surface area contributed by atoms with Gasteiger partial charge in [0.15, 0.2) is 11.4 Å². The molecule has 28 heavy (non-hydrogen) atoms. The van der Waals surface area contributed by atoms with Gasteiger partial charge < -0.3 is 14.6 Å². The van der Waals surface area contributed by atoms with E-state index in [4.69, 9.17) is 0 Å². The monoisotopic (exact) mass is 381 g/mol. The number of fused-ring (bicyclic) bond motifs is 1. The molecule has 1 unspecified atom stereocenters. The maximum Gasteiger partial charge on any atom is 0.274 e. The Kier molecular flexibility index (Phi) is 5.26. The molecule has 0 aliphatic carbocycles. The number of allylic oxidation sites excluding steroid dienone is 1. The molecule has 0 radical (unpaired) electrons. The van der Waals surface area contributed by atoms with Gasteiger partial charge in [-0.25, -0.2) is 4.39 Å². The first-order valence-corrected chi connectivity index (χ1v) is 8.70. The van der Waals surface area contributed by atoms with Crippen LogP contribution in [0.15, 0.2) is 65.7 Å². The smallest absolute Gasteiger partial charge is 0.274 e. The van der Waals surface area contributed by atoms with Crippen molar-refractivity contribution in [1.29, 1.82) is 0 Å². The minimum absolute atomic E-state index is 0.0726. The molecule has 144 valence electrons. The van der Waals surface area contributed by atoms with Gasteiger partial charge in [-0.1, -0.05) is 25.3 Å². The molecule has 2 aromatic rings. The lowest BCUT2D eigenvalue weighted by molar-refractivity contribution is 0.0653. The molecule has 2 heterocycles. The Bertz CT molecular complexity index is 1040. The Balaban J connectivity index is 2.05. The molecule has 1 aliphatic rings. The van der Waals surface area contributed by atoms with E-state index in [1.54, 1.807) is 16.7 Å². The Hall–Kier alpha value is -3.48. The standard InChI is InChI=1S/C21H20FN3O3/c1-4-17(23-5-2)16-12-25-13(3)10-24(11-14-6-8-15(22)9-7-14)21(28)18(25)20(27)19(16)26/h4-9,12-13,27H,1-2,10-11H2,3H3. The molecule has 6 nitrogen and oxygen atoms in total. The summed E-state index contributed by atoms with van der Waals surface area (Å²) in [6.07, 6.45) is 4.18. The number of halogens is 1. The normalized spacial score (nSPS) is 16.6. The predicted octanol–water partition coefficient (Wildman–Crippen LogP) is 3.03. The Morgan fingerprint density at radius 3 is 2.61 bits per heavy atom. The van der Waals surface area contributed by atoms with Gasteiger partial charge in [0.2, 0.25) is 5.43 Å². The summed E-state index contributed by atoms with van der Waals surface area (Å²) in [5.74, 6) is -1.45. The third kappa shape index (κ3) is 3.38. The lowest BCUT2D eigenvalue weighted by atomic mass is 10.1. The van der Waals surface area contributed by atoms with Crippen LogP contribution in [0.5, 0.6) is 5.75 Å². The number of hydrogen-bond donors (Lipinski definition) is 1. The second kappa shape index (κ2) is 7.64. The molecule has 0 spiro atoms. The number of rotatable bonds is 5. The molecule has 1 N–H and O–H groups in total. The summed E-state index contributed by atoms with van der Waals surface area (Å²) < 4.78 is 14.7. The molecule has 0 fully saturated rings. The van der Waals surface area contributed by atoms with E-state index in [1.165, 1.54) is 35.5 Å². The first-order chi connectivity index (χ1) is 13.4. The summed E-state index contributed by atoms with van der Waals surface area (Å²) in [5, 5.41) is 10.5. The van der Waals surface area contributed by atoms with Gasteiger partial charge in [0.05, 0.1) is 11.3 Å². The van der Waals surface area contributed by atoms with Crippen molar-refractivity contribution in [3.05, 3.63) is 88.8 Å². The number of aliphatic imine (C=N–C) groups is 1. The zero-order chi connectivity index (χ0) is 20.4. The maximum absolute atomic E-state index is 13.1.